The van der Waals surface area contributed by atoms with Crippen molar-refractivity contribution in [1.82, 2.24) is 0 Å². The van der Waals surface area contributed by atoms with Gasteiger partial charge >= 0.3 is 17.9 Å². The molecule has 0 aromatic carbocycles. The monoisotopic (exact) mass is 160 g/mol. The molecule has 0 bridgehead atoms. The highest BCUT2D eigenvalue weighted by Crippen LogP contribution is 2.27. The average molecular weight is 160 g/mol. The fourth-order valence-corrected chi connectivity index (χ4v) is 0.121. The summed E-state index contributed by atoms with van der Waals surface area (Å²) in [6.07, 6.45) is -5.57. The fraction of sp³-hybridized carbons (Fsp3) is 0.667. The van der Waals surface area contributed by atoms with Gasteiger partial charge in [0.15, 0.2) is 0 Å². The summed E-state index contributed by atoms with van der Waals surface area (Å²) in [7, 11) is 0. The normalized spacial score (nSPS) is 13.3. The molecule has 0 aromatic rings. The van der Waals surface area contributed by atoms with Crippen LogP contribution in [0.4, 0.5) is 13.2 Å². The predicted octanol–water partition coefficient (Wildman–Crippen LogP) is -0.686. The van der Waals surface area contributed by atoms with Crippen LogP contribution in [0, 0.1) is 0 Å². The molecule has 3 N–H and O–H groups in total. The molecule has 7 heteroatoms. The van der Waals surface area contributed by atoms with Crippen LogP contribution >= 0.6 is 0 Å². The second-order valence-electron chi connectivity index (χ2n) is 1.48. The molecule has 0 heterocycles. The number of rotatable bonds is 1. The Morgan fingerprint density at radius 1 is 1.20 bits per heavy atom. The summed E-state index contributed by atoms with van der Waals surface area (Å²) in [6.45, 7) is 0. The molecule has 0 saturated heterocycles. The Balaban J connectivity index is 4.57. The van der Waals surface area contributed by atoms with E-state index in [-0.39, 0.29) is 0 Å². The Morgan fingerprint density at radius 2 is 1.50 bits per heavy atom. The number of aliphatic hydroxyl groups is 2. The molecule has 0 saturated carbocycles. The number of alkyl halides is 3. The van der Waals surface area contributed by atoms with E-state index in [2.05, 4.69) is 0 Å². The molecule has 0 rings (SSSR count). The zero-order valence-electron chi connectivity index (χ0n) is 4.38. The third kappa shape index (κ3) is 1.36. The standard InChI is InChI=1S/C3H3F3O4/c4-3(5,6)2(9,10)1(7)8/h9-10H,(H,7,8). The third-order valence-electron chi connectivity index (χ3n) is 0.694. The lowest BCUT2D eigenvalue weighted by molar-refractivity contribution is -0.335. The van der Waals surface area contributed by atoms with E-state index in [1.807, 2.05) is 0 Å². The van der Waals surface area contributed by atoms with E-state index in [4.69, 9.17) is 15.3 Å². The van der Waals surface area contributed by atoms with Crippen molar-refractivity contribution in [2.75, 3.05) is 0 Å². The summed E-state index contributed by atoms with van der Waals surface area (Å²) >= 11 is 0. The topological polar surface area (TPSA) is 77.8 Å². The Kier molecular flexibility index (Phi) is 1.93. The van der Waals surface area contributed by atoms with Crippen LogP contribution in [0.15, 0.2) is 0 Å². The van der Waals surface area contributed by atoms with Crippen molar-refractivity contribution < 1.29 is 33.3 Å². The van der Waals surface area contributed by atoms with Gasteiger partial charge in [0, 0.05) is 0 Å². The molecule has 4 nitrogen and oxygen atoms in total. The lowest BCUT2D eigenvalue weighted by Crippen LogP contribution is -2.51. The Labute approximate surface area is 52.5 Å². The van der Waals surface area contributed by atoms with Crippen LogP contribution in [0.5, 0.6) is 0 Å². The Morgan fingerprint density at radius 3 is 1.50 bits per heavy atom. The minimum absolute atomic E-state index is 2.75. The molecule has 0 aliphatic carbocycles. The van der Waals surface area contributed by atoms with Gasteiger partial charge in [-0.1, -0.05) is 0 Å². The molecule has 0 unspecified atom stereocenters. The molecule has 0 aromatic heterocycles. The molecule has 0 aliphatic heterocycles. The summed E-state index contributed by atoms with van der Waals surface area (Å²) in [5.41, 5.74) is 0. The van der Waals surface area contributed by atoms with Crippen LogP contribution in [0.1, 0.15) is 0 Å². The number of hydrogen-bond acceptors (Lipinski definition) is 3. The highest BCUT2D eigenvalue weighted by Gasteiger charge is 2.59. The largest absolute Gasteiger partial charge is 0.477 e. The molecular weight excluding hydrogens is 157 g/mol. The van der Waals surface area contributed by atoms with E-state index in [1.54, 1.807) is 0 Å². The minimum atomic E-state index is -5.57. The van der Waals surface area contributed by atoms with Crippen molar-refractivity contribution in [2.24, 2.45) is 0 Å². The van der Waals surface area contributed by atoms with Gasteiger partial charge in [0.2, 0.25) is 0 Å². The van der Waals surface area contributed by atoms with Gasteiger partial charge < -0.3 is 15.3 Å². The van der Waals surface area contributed by atoms with Gasteiger partial charge in [-0.15, -0.1) is 0 Å². The van der Waals surface area contributed by atoms with Crippen molar-refractivity contribution in [3.8, 4) is 0 Å². The van der Waals surface area contributed by atoms with Crippen LogP contribution in [0.2, 0.25) is 0 Å². The summed E-state index contributed by atoms with van der Waals surface area (Å²) in [4.78, 5) is 9.45. The maximum atomic E-state index is 11.2. The summed E-state index contributed by atoms with van der Waals surface area (Å²) in [5, 5.41) is 23.1. The molecular formula is C3H3F3O4. The van der Waals surface area contributed by atoms with E-state index in [1.165, 1.54) is 0 Å². The second-order valence-corrected chi connectivity index (χ2v) is 1.48. The third-order valence-corrected chi connectivity index (χ3v) is 0.694. The average Bonchev–Trinajstić information content (AvgIpc) is 1.62. The van der Waals surface area contributed by atoms with Gasteiger partial charge in [-0.2, -0.15) is 13.2 Å². The number of hydrogen-bond donors (Lipinski definition) is 3. The number of aliphatic carboxylic acids is 1. The number of carboxylic acids is 1. The maximum absolute atomic E-state index is 11.2. The first-order valence-corrected chi connectivity index (χ1v) is 1.94. The molecule has 0 radical (unpaired) electrons. The van der Waals surface area contributed by atoms with E-state index < -0.39 is 17.9 Å². The van der Waals surface area contributed by atoms with Crippen molar-refractivity contribution in [1.29, 1.82) is 0 Å². The van der Waals surface area contributed by atoms with Gasteiger partial charge in [0.05, 0.1) is 0 Å². The van der Waals surface area contributed by atoms with Gasteiger partial charge in [0.25, 0.3) is 0 Å². The van der Waals surface area contributed by atoms with Crippen LogP contribution < -0.4 is 0 Å². The van der Waals surface area contributed by atoms with Crippen molar-refractivity contribution in [3.63, 3.8) is 0 Å². The fourth-order valence-electron chi connectivity index (χ4n) is 0.121. The van der Waals surface area contributed by atoms with E-state index in [9.17, 15) is 18.0 Å². The van der Waals surface area contributed by atoms with Gasteiger partial charge in [-0.25, -0.2) is 4.79 Å². The number of halogens is 3. The first-order valence-electron chi connectivity index (χ1n) is 1.94. The predicted molar refractivity (Wildman–Crippen MR) is 20.9 cm³/mol. The molecule has 0 spiro atoms. The van der Waals surface area contributed by atoms with Crippen LogP contribution in [0.25, 0.3) is 0 Å². The number of carboxylic acid groups (broad SMARTS) is 1. The molecule has 0 atom stereocenters. The van der Waals surface area contributed by atoms with Crippen molar-refractivity contribution in [3.05, 3.63) is 0 Å². The van der Waals surface area contributed by atoms with Crippen molar-refractivity contribution in [2.45, 2.75) is 12.0 Å². The van der Waals surface area contributed by atoms with E-state index in [0.717, 1.165) is 0 Å². The maximum Gasteiger partial charge on any atom is 0.455 e. The van der Waals surface area contributed by atoms with Gasteiger partial charge in [-0.05, 0) is 0 Å². The zero-order valence-corrected chi connectivity index (χ0v) is 4.38. The van der Waals surface area contributed by atoms with Crippen molar-refractivity contribution >= 4 is 5.97 Å². The lowest BCUT2D eigenvalue weighted by Gasteiger charge is -2.18. The van der Waals surface area contributed by atoms with Crippen LogP contribution in [0.3, 0.4) is 0 Å². The van der Waals surface area contributed by atoms with E-state index in [0.29, 0.717) is 0 Å². The van der Waals surface area contributed by atoms with Gasteiger partial charge in [-0.3, -0.25) is 0 Å². The molecule has 10 heavy (non-hydrogen) atoms. The Bertz CT molecular complexity index is 148. The highest BCUT2D eigenvalue weighted by molar-refractivity contribution is 5.75. The molecule has 0 fully saturated rings. The van der Waals surface area contributed by atoms with Gasteiger partial charge in [0.1, 0.15) is 0 Å². The summed E-state index contributed by atoms with van der Waals surface area (Å²) in [6, 6.07) is 0. The lowest BCUT2D eigenvalue weighted by atomic mass is 10.3. The molecule has 0 amide bonds. The summed E-state index contributed by atoms with van der Waals surface area (Å²) in [5.74, 6) is -7.40. The molecule has 60 valence electrons. The quantitative estimate of drug-likeness (QED) is 0.444. The summed E-state index contributed by atoms with van der Waals surface area (Å²) < 4.78 is 33.6. The minimum Gasteiger partial charge on any atom is -0.477 e. The SMILES string of the molecule is O=C(O)C(O)(O)C(F)(F)F. The van der Waals surface area contributed by atoms with Crippen LogP contribution in [-0.2, 0) is 4.79 Å². The van der Waals surface area contributed by atoms with Crippen LogP contribution in [-0.4, -0.2) is 33.3 Å². The Hall–Kier alpha value is -0.820. The first kappa shape index (κ1) is 9.18. The van der Waals surface area contributed by atoms with E-state index >= 15 is 0 Å². The second kappa shape index (κ2) is 2.10. The molecule has 0 aliphatic rings. The zero-order chi connectivity index (χ0) is 8.58. The number of carbonyl (C=O) groups is 1. The smallest absolute Gasteiger partial charge is 0.455 e. The highest BCUT2D eigenvalue weighted by atomic mass is 19.4. The first-order chi connectivity index (χ1) is 4.19.